The van der Waals surface area contributed by atoms with Gasteiger partial charge in [-0.1, -0.05) is 23.8 Å². The number of fused-ring (bicyclic) bond motifs is 1. The maximum atomic E-state index is 11.6. The number of hydrogen-bond acceptors (Lipinski definition) is 4. The van der Waals surface area contributed by atoms with Crippen molar-refractivity contribution in [3.05, 3.63) is 60.2 Å². The molecule has 0 bridgehead atoms. The van der Waals surface area contributed by atoms with Gasteiger partial charge < -0.3 is 9.15 Å². The summed E-state index contributed by atoms with van der Waals surface area (Å²) < 4.78 is 11.0. The van der Waals surface area contributed by atoms with Crippen molar-refractivity contribution in [2.45, 2.75) is 13.8 Å². The van der Waals surface area contributed by atoms with Gasteiger partial charge in [-0.15, -0.1) is 0 Å². The minimum atomic E-state index is -0.401. The van der Waals surface area contributed by atoms with Gasteiger partial charge >= 0.3 is 5.97 Å². The molecule has 0 fully saturated rings. The van der Waals surface area contributed by atoms with Crippen LogP contribution >= 0.6 is 0 Å². The lowest BCUT2D eigenvalue weighted by Gasteiger charge is -2.00. The average Bonchev–Trinajstić information content (AvgIpc) is 2.90. The first-order chi connectivity index (χ1) is 10.6. The van der Waals surface area contributed by atoms with Crippen LogP contribution in [-0.2, 0) is 4.79 Å². The fourth-order valence-electron chi connectivity index (χ4n) is 2.05. The maximum absolute atomic E-state index is 11.6. The smallest absolute Gasteiger partial charge is 0.336 e. The van der Waals surface area contributed by atoms with Gasteiger partial charge in [0.05, 0.1) is 0 Å². The molecule has 0 unspecified atom stereocenters. The number of carbonyl (C=O) groups excluding carboxylic acids is 1. The van der Waals surface area contributed by atoms with E-state index in [0.29, 0.717) is 17.2 Å². The fraction of sp³-hybridized carbons (Fsp3) is 0.111. The van der Waals surface area contributed by atoms with Crippen molar-refractivity contribution < 1.29 is 13.9 Å². The van der Waals surface area contributed by atoms with E-state index in [0.717, 1.165) is 16.7 Å². The van der Waals surface area contributed by atoms with E-state index in [2.05, 4.69) is 4.98 Å². The molecule has 0 aliphatic heterocycles. The number of aromatic nitrogens is 1. The topological polar surface area (TPSA) is 52.3 Å². The van der Waals surface area contributed by atoms with Gasteiger partial charge in [-0.3, -0.25) is 0 Å². The molecule has 3 rings (SSSR count). The molecule has 0 aliphatic rings. The molecule has 4 nitrogen and oxygen atoms in total. The van der Waals surface area contributed by atoms with Gasteiger partial charge in [-0.25, -0.2) is 9.78 Å². The second kappa shape index (κ2) is 5.85. The van der Waals surface area contributed by atoms with Crippen LogP contribution in [0.4, 0.5) is 0 Å². The summed E-state index contributed by atoms with van der Waals surface area (Å²) in [5.41, 5.74) is 3.10. The molecule has 3 aromatic rings. The van der Waals surface area contributed by atoms with Gasteiger partial charge in [0, 0.05) is 17.7 Å². The summed E-state index contributed by atoms with van der Waals surface area (Å²) in [4.78, 5) is 16.1. The number of esters is 1. The molecular weight excluding hydrogens is 278 g/mol. The highest BCUT2D eigenvalue weighted by atomic mass is 16.5. The molecule has 4 heteroatoms. The Bertz CT molecular complexity index is 843. The summed E-state index contributed by atoms with van der Waals surface area (Å²) in [5.74, 6) is 0.580. The Morgan fingerprint density at radius 1 is 1.14 bits per heavy atom. The normalized spacial score (nSPS) is 10.5. The zero-order valence-electron chi connectivity index (χ0n) is 12.4. The first-order valence-corrected chi connectivity index (χ1v) is 6.94. The highest BCUT2D eigenvalue weighted by Gasteiger charge is 2.10. The molecule has 110 valence electrons. The minimum Gasteiger partial charge on any atom is -0.436 e. The second-order valence-corrected chi connectivity index (χ2v) is 5.16. The van der Waals surface area contributed by atoms with Crippen molar-refractivity contribution in [1.29, 1.82) is 0 Å². The van der Waals surface area contributed by atoms with Gasteiger partial charge in [-0.05, 0) is 38.1 Å². The van der Waals surface area contributed by atoms with Crippen LogP contribution in [0.5, 0.6) is 5.75 Å². The van der Waals surface area contributed by atoms with Crippen molar-refractivity contribution in [2.75, 3.05) is 0 Å². The standard InChI is InChI=1S/C18H15NO3/c1-12(2)10-17(20)21-14-8-9-15-16(11-14)22-18(19-15)13-6-4-3-5-7-13/h3-11H,1-2H3. The minimum absolute atomic E-state index is 0.401. The monoisotopic (exact) mass is 293 g/mol. The number of allylic oxidation sites excluding steroid dienone is 1. The largest absolute Gasteiger partial charge is 0.436 e. The summed E-state index contributed by atoms with van der Waals surface area (Å²) in [6.45, 7) is 3.68. The second-order valence-electron chi connectivity index (χ2n) is 5.16. The van der Waals surface area contributed by atoms with Crippen LogP contribution in [0.3, 0.4) is 0 Å². The first kappa shape index (κ1) is 14.1. The lowest BCUT2D eigenvalue weighted by molar-refractivity contribution is -0.129. The van der Waals surface area contributed by atoms with E-state index >= 15 is 0 Å². The zero-order valence-corrected chi connectivity index (χ0v) is 12.4. The van der Waals surface area contributed by atoms with Crippen molar-refractivity contribution >= 4 is 17.1 Å². The van der Waals surface area contributed by atoms with Crippen LogP contribution in [-0.4, -0.2) is 11.0 Å². The van der Waals surface area contributed by atoms with Crippen LogP contribution < -0.4 is 4.74 Å². The molecule has 0 saturated carbocycles. The van der Waals surface area contributed by atoms with Gasteiger partial charge in [0.25, 0.3) is 0 Å². The molecule has 22 heavy (non-hydrogen) atoms. The third-order valence-electron chi connectivity index (χ3n) is 3.01. The zero-order chi connectivity index (χ0) is 15.5. The van der Waals surface area contributed by atoms with Crippen LogP contribution in [0.25, 0.3) is 22.6 Å². The van der Waals surface area contributed by atoms with Crippen molar-refractivity contribution in [1.82, 2.24) is 4.98 Å². The third-order valence-corrected chi connectivity index (χ3v) is 3.01. The lowest BCUT2D eigenvalue weighted by atomic mass is 10.2. The van der Waals surface area contributed by atoms with E-state index in [-0.39, 0.29) is 0 Å². The van der Waals surface area contributed by atoms with Crippen molar-refractivity contribution in [3.63, 3.8) is 0 Å². The Kier molecular flexibility index (Phi) is 3.74. The van der Waals surface area contributed by atoms with E-state index in [9.17, 15) is 4.79 Å². The van der Waals surface area contributed by atoms with Crippen LogP contribution in [0.15, 0.2) is 64.6 Å². The van der Waals surface area contributed by atoms with E-state index in [1.165, 1.54) is 6.08 Å². The number of nitrogens with zero attached hydrogens (tertiary/aromatic N) is 1. The molecular formula is C18H15NO3. The summed E-state index contributed by atoms with van der Waals surface area (Å²) in [5, 5.41) is 0. The summed E-state index contributed by atoms with van der Waals surface area (Å²) >= 11 is 0. The molecule has 0 radical (unpaired) electrons. The van der Waals surface area contributed by atoms with Crippen molar-refractivity contribution in [2.24, 2.45) is 0 Å². The highest BCUT2D eigenvalue weighted by Crippen LogP contribution is 2.27. The fourth-order valence-corrected chi connectivity index (χ4v) is 2.05. The molecule has 0 aliphatic carbocycles. The number of ether oxygens (including phenoxy) is 1. The Labute approximate surface area is 128 Å². The number of hydrogen-bond donors (Lipinski definition) is 0. The molecule has 1 aromatic heterocycles. The molecule has 0 atom stereocenters. The van der Waals surface area contributed by atoms with Crippen LogP contribution in [0, 0.1) is 0 Å². The average molecular weight is 293 g/mol. The van der Waals surface area contributed by atoms with Gasteiger partial charge in [0.2, 0.25) is 5.89 Å². The van der Waals surface area contributed by atoms with E-state index in [1.807, 2.05) is 44.2 Å². The van der Waals surface area contributed by atoms with E-state index in [4.69, 9.17) is 9.15 Å². The Morgan fingerprint density at radius 3 is 2.64 bits per heavy atom. The lowest BCUT2D eigenvalue weighted by Crippen LogP contribution is -2.04. The van der Waals surface area contributed by atoms with Crippen LogP contribution in [0.2, 0.25) is 0 Å². The third kappa shape index (κ3) is 3.06. The summed E-state index contributed by atoms with van der Waals surface area (Å²) in [7, 11) is 0. The van der Waals surface area contributed by atoms with Gasteiger partial charge in [-0.2, -0.15) is 0 Å². The molecule has 0 amide bonds. The SMILES string of the molecule is CC(C)=CC(=O)Oc1ccc2nc(-c3ccccc3)oc2c1. The van der Waals surface area contributed by atoms with Gasteiger partial charge in [0.1, 0.15) is 11.3 Å². The van der Waals surface area contributed by atoms with Crippen molar-refractivity contribution in [3.8, 4) is 17.2 Å². The predicted octanol–water partition coefficient (Wildman–Crippen LogP) is 4.37. The van der Waals surface area contributed by atoms with E-state index in [1.54, 1.807) is 18.2 Å². The number of rotatable bonds is 3. The summed E-state index contributed by atoms with van der Waals surface area (Å²) in [6.07, 6.45) is 1.44. The Balaban J connectivity index is 1.91. The molecule has 2 aromatic carbocycles. The molecule has 0 spiro atoms. The quantitative estimate of drug-likeness (QED) is 0.409. The van der Waals surface area contributed by atoms with Gasteiger partial charge in [0.15, 0.2) is 5.58 Å². The Morgan fingerprint density at radius 2 is 1.91 bits per heavy atom. The number of benzene rings is 2. The molecule has 1 heterocycles. The number of carbonyl (C=O) groups is 1. The highest BCUT2D eigenvalue weighted by molar-refractivity contribution is 5.86. The molecule has 0 N–H and O–H groups in total. The van der Waals surface area contributed by atoms with Crippen LogP contribution in [0.1, 0.15) is 13.8 Å². The maximum Gasteiger partial charge on any atom is 0.336 e. The Hall–Kier alpha value is -2.88. The predicted molar refractivity (Wildman–Crippen MR) is 84.5 cm³/mol. The van der Waals surface area contributed by atoms with E-state index < -0.39 is 5.97 Å². The first-order valence-electron chi connectivity index (χ1n) is 6.94. The summed E-state index contributed by atoms with van der Waals surface area (Å²) in [6, 6.07) is 14.8. The molecule has 0 saturated heterocycles. The number of oxazole rings is 1.